The first-order valence-electron chi connectivity index (χ1n) is 17.6. The Labute approximate surface area is 300 Å². The fraction of sp³-hybridized carbons (Fsp3) is 0.163. The van der Waals surface area contributed by atoms with Crippen LogP contribution in [0, 0.1) is 19.0 Å². The van der Waals surface area contributed by atoms with Gasteiger partial charge < -0.3 is 9.97 Å². The van der Waals surface area contributed by atoms with E-state index in [4.69, 9.17) is 5.48 Å². The minimum atomic E-state index is -2.19. The molecule has 47 heavy (non-hydrogen) atoms. The molecule has 5 aromatic carbocycles. The molecule has 2 aromatic heterocycles. The number of nitrogens with zero attached hydrogens (tertiary/aromatic N) is 2. The Hall–Kier alpha value is -4.21. The molecular weight excluding hydrogens is 765 g/mol. The SMILES string of the molecule is [2H]C(C)(C)c1ccnc(-c2[c-]cc3c(ccc4ccccc43)c2)c1.[2H]C([2H])([2H])c1c[c-]c(-c2ccc([Si](C)(C)C)cn2)cc1-c1ccccc1.[Ir]. The van der Waals surface area contributed by atoms with Gasteiger partial charge >= 0.3 is 0 Å². The Balaban J connectivity index is 0.000000194. The molecule has 2 heterocycles. The standard InChI is InChI=1S/C22H18N.C21H22NSi.Ir/c1-15(2)17-11-12-23-22(14-17)19-9-10-21-18(13-19)8-7-16-5-3-4-6-20(16)21;1-16-10-11-18(14-20(16)17-8-6-5-7-9-17)21-13-12-19(15-22-21)23(2,3)4;/h3-8,10-15H,1-2H3;5-10,12-15H,1-4H3;/q2*-1;/i15D;1D3;. The molecule has 0 aliphatic rings. The molecule has 0 unspecified atom stereocenters. The van der Waals surface area contributed by atoms with Crippen molar-refractivity contribution in [2.24, 2.45) is 0 Å². The number of rotatable bonds is 5. The zero-order chi connectivity index (χ0) is 35.7. The van der Waals surface area contributed by atoms with Gasteiger partial charge in [-0.15, -0.1) is 58.5 Å². The summed E-state index contributed by atoms with van der Waals surface area (Å²) in [4.78, 5) is 9.08. The van der Waals surface area contributed by atoms with Crippen molar-refractivity contribution in [1.82, 2.24) is 9.97 Å². The van der Waals surface area contributed by atoms with Gasteiger partial charge in [0.15, 0.2) is 0 Å². The summed E-state index contributed by atoms with van der Waals surface area (Å²) in [5.41, 5.74) is 6.29. The van der Waals surface area contributed by atoms with Crippen LogP contribution in [0.5, 0.6) is 0 Å². The van der Waals surface area contributed by atoms with Crippen molar-refractivity contribution < 1.29 is 25.6 Å². The number of pyridine rings is 2. The van der Waals surface area contributed by atoms with Gasteiger partial charge in [0.05, 0.1) is 8.07 Å². The van der Waals surface area contributed by atoms with E-state index in [1.165, 1.54) is 26.7 Å². The molecule has 0 atom stereocenters. The van der Waals surface area contributed by atoms with Crippen molar-refractivity contribution in [2.45, 2.75) is 46.2 Å². The number of hydrogen-bond donors (Lipinski definition) is 0. The van der Waals surface area contributed by atoms with Gasteiger partial charge in [-0.1, -0.05) is 147 Å². The summed E-state index contributed by atoms with van der Waals surface area (Å²) in [6.07, 6.45) is 3.72. The first-order valence-corrected chi connectivity index (χ1v) is 19.1. The van der Waals surface area contributed by atoms with Crippen molar-refractivity contribution in [1.29, 1.82) is 0 Å². The van der Waals surface area contributed by atoms with Crippen LogP contribution in [0.2, 0.25) is 19.6 Å². The summed E-state index contributed by atoms with van der Waals surface area (Å²) in [5.74, 6) is -0.634. The van der Waals surface area contributed by atoms with Crippen LogP contribution in [-0.4, -0.2) is 18.0 Å². The van der Waals surface area contributed by atoms with Crippen molar-refractivity contribution in [3.05, 3.63) is 151 Å². The van der Waals surface area contributed by atoms with E-state index in [2.05, 4.69) is 90.3 Å². The van der Waals surface area contributed by atoms with Crippen molar-refractivity contribution in [3.63, 3.8) is 0 Å². The zero-order valence-electron chi connectivity index (χ0n) is 31.4. The average molecular weight is 809 g/mol. The first-order chi connectivity index (χ1) is 23.7. The van der Waals surface area contributed by atoms with E-state index >= 15 is 0 Å². The predicted octanol–water partition coefficient (Wildman–Crippen LogP) is 11.0. The number of aromatic nitrogens is 2. The van der Waals surface area contributed by atoms with E-state index in [1.54, 1.807) is 12.3 Å². The second-order valence-electron chi connectivity index (χ2n) is 12.8. The molecule has 0 amide bonds. The van der Waals surface area contributed by atoms with Gasteiger partial charge in [0.2, 0.25) is 0 Å². The van der Waals surface area contributed by atoms with E-state index < -0.39 is 20.8 Å². The van der Waals surface area contributed by atoms with Crippen LogP contribution in [0.3, 0.4) is 0 Å². The molecule has 2 nitrogen and oxygen atoms in total. The molecule has 0 aliphatic carbocycles. The van der Waals surface area contributed by atoms with Gasteiger partial charge in [0, 0.05) is 38.0 Å². The van der Waals surface area contributed by atoms with Gasteiger partial charge in [-0.3, -0.25) is 0 Å². The number of aryl methyl sites for hydroxylation is 1. The third kappa shape index (κ3) is 7.85. The third-order valence-electron chi connectivity index (χ3n) is 8.23. The number of fused-ring (bicyclic) bond motifs is 3. The Bertz CT molecular complexity index is 2270. The average Bonchev–Trinajstić information content (AvgIpc) is 3.11. The summed E-state index contributed by atoms with van der Waals surface area (Å²) in [7, 11) is -1.40. The maximum absolute atomic E-state index is 8.22. The summed E-state index contributed by atoms with van der Waals surface area (Å²) in [6, 6.07) is 44.5. The fourth-order valence-electron chi connectivity index (χ4n) is 5.48. The molecule has 7 aromatic rings. The molecule has 4 heteroatoms. The summed E-state index contributed by atoms with van der Waals surface area (Å²) < 4.78 is 31.7. The first kappa shape index (κ1) is 29.0. The molecule has 0 spiro atoms. The molecule has 0 bridgehead atoms. The quantitative estimate of drug-likeness (QED) is 0.0983. The Morgan fingerprint density at radius 1 is 0.702 bits per heavy atom. The predicted molar refractivity (Wildman–Crippen MR) is 199 cm³/mol. The van der Waals surface area contributed by atoms with Crippen LogP contribution in [0.4, 0.5) is 0 Å². The van der Waals surface area contributed by atoms with E-state index in [0.717, 1.165) is 33.6 Å². The van der Waals surface area contributed by atoms with E-state index in [0.29, 0.717) is 11.1 Å². The van der Waals surface area contributed by atoms with Crippen LogP contribution in [0.15, 0.2) is 128 Å². The molecule has 7 rings (SSSR count). The van der Waals surface area contributed by atoms with Gasteiger partial charge in [-0.2, -0.15) is 0 Å². The normalized spacial score (nSPS) is 13.0. The summed E-state index contributed by atoms with van der Waals surface area (Å²) >= 11 is 0. The largest absolute Gasteiger partial charge is 0.305 e. The maximum atomic E-state index is 8.22. The maximum Gasteiger partial charge on any atom is 0.0795 e. The zero-order valence-corrected chi connectivity index (χ0v) is 30.7. The van der Waals surface area contributed by atoms with Crippen molar-refractivity contribution in [3.8, 4) is 33.6 Å². The Kier molecular flexibility index (Phi) is 9.05. The second-order valence-corrected chi connectivity index (χ2v) is 17.9. The molecule has 0 saturated carbocycles. The molecule has 0 N–H and O–H groups in total. The summed E-state index contributed by atoms with van der Waals surface area (Å²) in [6.45, 7) is 8.46. The van der Waals surface area contributed by atoms with Crippen LogP contribution in [-0.2, 0) is 20.1 Å². The van der Waals surface area contributed by atoms with E-state index in [-0.39, 0.29) is 20.1 Å². The Morgan fingerprint density at radius 3 is 2.15 bits per heavy atom. The second kappa shape index (κ2) is 14.7. The van der Waals surface area contributed by atoms with Crippen LogP contribution < -0.4 is 5.19 Å². The molecule has 0 saturated heterocycles. The van der Waals surface area contributed by atoms with E-state index in [9.17, 15) is 0 Å². The van der Waals surface area contributed by atoms with Crippen LogP contribution in [0.25, 0.3) is 55.2 Å². The van der Waals surface area contributed by atoms with Crippen LogP contribution in [0.1, 0.15) is 36.4 Å². The summed E-state index contributed by atoms with van der Waals surface area (Å²) in [5, 5.41) is 6.16. The minimum Gasteiger partial charge on any atom is -0.305 e. The molecule has 1 radical (unpaired) electrons. The minimum absolute atomic E-state index is 0. The van der Waals surface area contributed by atoms with Gasteiger partial charge in [0.25, 0.3) is 0 Å². The third-order valence-corrected chi connectivity index (χ3v) is 10.3. The van der Waals surface area contributed by atoms with Crippen molar-refractivity contribution in [2.75, 3.05) is 0 Å². The molecular formula is C43H40IrN2Si-2. The smallest absolute Gasteiger partial charge is 0.0795 e. The molecule has 237 valence electrons. The van der Waals surface area contributed by atoms with Crippen LogP contribution >= 0.6 is 0 Å². The fourth-order valence-corrected chi connectivity index (χ4v) is 6.51. The number of hydrogen-bond acceptors (Lipinski definition) is 2. The Morgan fingerprint density at radius 2 is 1.43 bits per heavy atom. The monoisotopic (exact) mass is 809 g/mol. The van der Waals surface area contributed by atoms with Gasteiger partial charge in [-0.05, 0) is 39.5 Å². The number of benzene rings is 5. The van der Waals surface area contributed by atoms with E-state index in [1.807, 2.05) is 80.7 Å². The van der Waals surface area contributed by atoms with Gasteiger partial charge in [0.1, 0.15) is 0 Å². The van der Waals surface area contributed by atoms with Gasteiger partial charge in [-0.25, -0.2) is 0 Å². The molecule has 0 fully saturated rings. The van der Waals surface area contributed by atoms with Crippen molar-refractivity contribution >= 4 is 34.8 Å². The molecule has 0 aliphatic heterocycles. The topological polar surface area (TPSA) is 25.8 Å².